The molecule has 9 heteroatoms. The molecule has 15 heavy (non-hydrogen) atoms. The maximum absolute atomic E-state index is 12.0. The molecule has 0 saturated heterocycles. The minimum Gasteiger partial charge on any atom is -0.315 e. The molecule has 0 aromatic heterocycles. The summed E-state index contributed by atoms with van der Waals surface area (Å²) in [5.41, 5.74) is -5.52. The highest BCUT2D eigenvalue weighted by Crippen LogP contribution is 2.24. The molecule has 0 atom stereocenters. The standard InChI is InChI=1S/C6H13F3N2O3S/c1-3-5(4-2,10-12)11-15(13,14)6(7,8)9/h10-12H,3-4H2,1-2H3. The summed E-state index contributed by atoms with van der Waals surface area (Å²) in [6, 6.07) is 0. The first-order chi connectivity index (χ1) is 6.64. The number of alkyl halides is 3. The predicted molar refractivity (Wildman–Crippen MR) is 46.3 cm³/mol. The van der Waals surface area contributed by atoms with Crippen molar-refractivity contribution in [3.8, 4) is 0 Å². The van der Waals surface area contributed by atoms with E-state index in [4.69, 9.17) is 5.21 Å². The summed E-state index contributed by atoms with van der Waals surface area (Å²) in [5.74, 6) is 0. The van der Waals surface area contributed by atoms with Crippen LogP contribution in [-0.2, 0) is 10.0 Å². The lowest BCUT2D eigenvalue weighted by Crippen LogP contribution is -2.59. The lowest BCUT2D eigenvalue weighted by Gasteiger charge is -2.30. The lowest BCUT2D eigenvalue weighted by molar-refractivity contribution is -0.0479. The number of halogens is 3. The van der Waals surface area contributed by atoms with Gasteiger partial charge >= 0.3 is 15.5 Å². The van der Waals surface area contributed by atoms with Crippen LogP contribution in [0.15, 0.2) is 0 Å². The number of hydroxylamine groups is 1. The Bertz CT molecular complexity index is 289. The molecule has 0 radical (unpaired) electrons. The van der Waals surface area contributed by atoms with Crippen LogP contribution < -0.4 is 10.2 Å². The van der Waals surface area contributed by atoms with Crippen LogP contribution in [0, 0.1) is 0 Å². The summed E-state index contributed by atoms with van der Waals surface area (Å²) in [7, 11) is -5.46. The van der Waals surface area contributed by atoms with E-state index in [2.05, 4.69) is 0 Å². The zero-order chi connectivity index (χ0) is 12.3. The summed E-state index contributed by atoms with van der Waals surface area (Å²) in [5, 5.41) is 8.66. The van der Waals surface area contributed by atoms with Crippen molar-refractivity contribution in [2.24, 2.45) is 0 Å². The third-order valence-electron chi connectivity index (χ3n) is 2.06. The minimum atomic E-state index is -5.46. The average Bonchev–Trinajstić information content (AvgIpc) is 2.12. The molecular weight excluding hydrogens is 237 g/mol. The number of hydrogen-bond donors (Lipinski definition) is 3. The summed E-state index contributed by atoms with van der Waals surface area (Å²) in [6.45, 7) is 2.87. The van der Waals surface area contributed by atoms with Gasteiger partial charge in [0.05, 0.1) is 0 Å². The highest BCUT2D eigenvalue weighted by Gasteiger charge is 2.49. The minimum absolute atomic E-state index is 0.0324. The monoisotopic (exact) mass is 250 g/mol. The Labute approximate surface area is 85.7 Å². The van der Waals surface area contributed by atoms with E-state index in [9.17, 15) is 21.6 Å². The maximum atomic E-state index is 12.0. The summed E-state index contributed by atoms with van der Waals surface area (Å²) in [6.07, 6.45) is -0.0649. The van der Waals surface area contributed by atoms with Crippen LogP contribution in [0.2, 0.25) is 0 Å². The van der Waals surface area contributed by atoms with Gasteiger partial charge in [0, 0.05) is 0 Å². The number of nitrogens with one attached hydrogen (secondary N) is 2. The van der Waals surface area contributed by atoms with E-state index < -0.39 is 21.2 Å². The van der Waals surface area contributed by atoms with Crippen LogP contribution >= 0.6 is 0 Å². The molecule has 5 nitrogen and oxygen atoms in total. The summed E-state index contributed by atoms with van der Waals surface area (Å²) < 4.78 is 58.9. The summed E-state index contributed by atoms with van der Waals surface area (Å²) >= 11 is 0. The van der Waals surface area contributed by atoms with Crippen molar-refractivity contribution >= 4 is 10.0 Å². The Morgan fingerprint density at radius 3 is 1.80 bits per heavy atom. The number of hydrogen-bond acceptors (Lipinski definition) is 4. The van der Waals surface area contributed by atoms with Crippen molar-refractivity contribution in [2.45, 2.75) is 37.9 Å². The van der Waals surface area contributed by atoms with E-state index in [0.29, 0.717) is 0 Å². The van der Waals surface area contributed by atoms with Gasteiger partial charge in [-0.1, -0.05) is 13.8 Å². The molecule has 0 amide bonds. The number of rotatable bonds is 5. The zero-order valence-electron chi connectivity index (χ0n) is 8.22. The van der Waals surface area contributed by atoms with Crippen molar-refractivity contribution in [1.82, 2.24) is 10.2 Å². The third-order valence-corrected chi connectivity index (χ3v) is 3.32. The van der Waals surface area contributed by atoms with E-state index in [1.807, 2.05) is 0 Å². The van der Waals surface area contributed by atoms with Crippen LogP contribution in [0.1, 0.15) is 26.7 Å². The Morgan fingerprint density at radius 1 is 1.20 bits per heavy atom. The predicted octanol–water partition coefficient (Wildman–Crippen LogP) is 0.921. The molecule has 0 unspecified atom stereocenters. The van der Waals surface area contributed by atoms with Crippen molar-refractivity contribution in [3.63, 3.8) is 0 Å². The van der Waals surface area contributed by atoms with Gasteiger partial charge in [0.25, 0.3) is 0 Å². The lowest BCUT2D eigenvalue weighted by atomic mass is 10.1. The van der Waals surface area contributed by atoms with Crippen LogP contribution in [0.25, 0.3) is 0 Å². The van der Waals surface area contributed by atoms with Gasteiger partial charge in [-0.05, 0) is 12.8 Å². The highest BCUT2D eigenvalue weighted by atomic mass is 32.2. The van der Waals surface area contributed by atoms with Crippen molar-refractivity contribution in [3.05, 3.63) is 0 Å². The zero-order valence-corrected chi connectivity index (χ0v) is 9.04. The molecule has 0 aliphatic carbocycles. The topological polar surface area (TPSA) is 78.4 Å². The van der Waals surface area contributed by atoms with Gasteiger partial charge in [0.2, 0.25) is 0 Å². The van der Waals surface area contributed by atoms with Gasteiger partial charge in [-0.2, -0.15) is 23.4 Å². The van der Waals surface area contributed by atoms with E-state index in [1.165, 1.54) is 18.6 Å². The third kappa shape index (κ3) is 3.30. The van der Waals surface area contributed by atoms with Crippen LogP contribution in [0.5, 0.6) is 0 Å². The second kappa shape index (κ2) is 4.64. The molecule has 0 aromatic carbocycles. The van der Waals surface area contributed by atoms with E-state index in [-0.39, 0.29) is 12.8 Å². The highest BCUT2D eigenvalue weighted by molar-refractivity contribution is 7.90. The molecule has 0 saturated carbocycles. The molecule has 0 heterocycles. The quantitative estimate of drug-likeness (QED) is 0.501. The maximum Gasteiger partial charge on any atom is 0.511 e. The first-order valence-corrected chi connectivity index (χ1v) is 5.64. The molecule has 0 fully saturated rings. The number of sulfonamides is 1. The smallest absolute Gasteiger partial charge is 0.315 e. The second-order valence-corrected chi connectivity index (χ2v) is 4.63. The Balaban J connectivity index is 5.00. The van der Waals surface area contributed by atoms with Crippen molar-refractivity contribution in [2.75, 3.05) is 0 Å². The van der Waals surface area contributed by atoms with Crippen LogP contribution in [0.4, 0.5) is 13.2 Å². The van der Waals surface area contributed by atoms with Gasteiger partial charge in [-0.3, -0.25) is 0 Å². The van der Waals surface area contributed by atoms with E-state index in [0.717, 1.165) is 0 Å². The molecule has 0 bridgehead atoms. The molecule has 0 aliphatic heterocycles. The van der Waals surface area contributed by atoms with Gasteiger partial charge < -0.3 is 5.21 Å². The molecule has 92 valence electrons. The largest absolute Gasteiger partial charge is 0.511 e. The molecule has 0 spiro atoms. The van der Waals surface area contributed by atoms with Crippen LogP contribution in [0.3, 0.4) is 0 Å². The fourth-order valence-electron chi connectivity index (χ4n) is 0.890. The molecule has 3 N–H and O–H groups in total. The molecule has 0 rings (SSSR count). The Morgan fingerprint density at radius 2 is 1.60 bits per heavy atom. The first kappa shape index (κ1) is 14.6. The van der Waals surface area contributed by atoms with Gasteiger partial charge in [-0.15, -0.1) is 0 Å². The summed E-state index contributed by atoms with van der Waals surface area (Å²) in [4.78, 5) is 0. The fraction of sp³-hybridized carbons (Fsp3) is 1.00. The van der Waals surface area contributed by atoms with E-state index in [1.54, 1.807) is 5.48 Å². The van der Waals surface area contributed by atoms with E-state index >= 15 is 0 Å². The molecular formula is C6H13F3N2O3S. The molecule has 0 aliphatic rings. The van der Waals surface area contributed by atoms with Crippen LogP contribution in [-0.4, -0.2) is 24.8 Å². The van der Waals surface area contributed by atoms with Crippen molar-refractivity contribution in [1.29, 1.82) is 0 Å². The van der Waals surface area contributed by atoms with Crippen molar-refractivity contribution < 1.29 is 26.8 Å². The fourth-order valence-corrected chi connectivity index (χ4v) is 1.85. The average molecular weight is 250 g/mol. The van der Waals surface area contributed by atoms with Gasteiger partial charge in [0.15, 0.2) is 0 Å². The Kier molecular flexibility index (Phi) is 4.52. The van der Waals surface area contributed by atoms with Gasteiger partial charge in [-0.25, -0.2) is 8.42 Å². The first-order valence-electron chi connectivity index (χ1n) is 4.15. The SMILES string of the molecule is CCC(CC)(NO)NS(=O)(=O)C(F)(F)F. The molecule has 0 aromatic rings. The second-order valence-electron chi connectivity index (χ2n) is 2.95. The Hall–Kier alpha value is -0.380. The normalized spacial score (nSPS) is 14.3. The van der Waals surface area contributed by atoms with Gasteiger partial charge in [0.1, 0.15) is 5.66 Å².